The summed E-state index contributed by atoms with van der Waals surface area (Å²) in [4.78, 5) is 25.6. The highest BCUT2D eigenvalue weighted by Crippen LogP contribution is 2.33. The van der Waals surface area contributed by atoms with Crippen LogP contribution in [0.5, 0.6) is 0 Å². The van der Waals surface area contributed by atoms with Crippen LogP contribution in [0.1, 0.15) is 44.9 Å². The minimum atomic E-state index is -0.0356. The van der Waals surface area contributed by atoms with Gasteiger partial charge in [0, 0.05) is 30.5 Å². The normalized spacial score (nSPS) is 25.8. The minimum Gasteiger partial charge on any atom is -0.356 e. The number of urea groups is 1. The molecule has 23 heavy (non-hydrogen) atoms. The van der Waals surface area contributed by atoms with E-state index < -0.39 is 0 Å². The van der Waals surface area contributed by atoms with Crippen LogP contribution in [0.25, 0.3) is 0 Å². The molecule has 0 spiro atoms. The Morgan fingerprint density at radius 2 is 2.00 bits per heavy atom. The van der Waals surface area contributed by atoms with Gasteiger partial charge >= 0.3 is 6.03 Å². The van der Waals surface area contributed by atoms with Gasteiger partial charge in [-0.3, -0.25) is 4.79 Å². The van der Waals surface area contributed by atoms with Crippen LogP contribution >= 0.6 is 23.5 Å². The smallest absolute Gasteiger partial charge is 0.315 e. The van der Waals surface area contributed by atoms with Gasteiger partial charge in [0.1, 0.15) is 0 Å². The van der Waals surface area contributed by atoms with Crippen LogP contribution in [-0.2, 0) is 4.79 Å². The van der Waals surface area contributed by atoms with Crippen LogP contribution in [0, 0.1) is 0 Å². The average molecular weight is 363 g/mol. The van der Waals surface area contributed by atoms with Crippen LogP contribution in [0.2, 0.25) is 0 Å². The lowest BCUT2D eigenvalue weighted by Gasteiger charge is -2.16. The first-order valence-electron chi connectivity index (χ1n) is 8.49. The molecule has 3 amide bonds. The quantitative estimate of drug-likeness (QED) is 0.256. The summed E-state index contributed by atoms with van der Waals surface area (Å²) in [5, 5.41) is 9.40. The molecule has 4 N–H and O–H groups in total. The van der Waals surface area contributed by atoms with E-state index in [-0.39, 0.29) is 24.0 Å². The Labute approximate surface area is 147 Å². The van der Waals surface area contributed by atoms with E-state index in [9.17, 15) is 9.59 Å². The highest BCUT2D eigenvalue weighted by molar-refractivity contribution is 8.00. The molecule has 132 valence electrons. The lowest BCUT2D eigenvalue weighted by atomic mass is 10.0. The third-order valence-electron chi connectivity index (χ3n) is 4.35. The van der Waals surface area contributed by atoms with E-state index in [4.69, 9.17) is 11.8 Å². The van der Waals surface area contributed by atoms with Gasteiger partial charge in [-0.2, -0.15) is 11.8 Å². The topological polar surface area (TPSA) is 82.3 Å². The number of hydrogen-bond acceptors (Lipinski definition) is 4. The first-order valence-corrected chi connectivity index (χ1v) is 9.92. The summed E-state index contributed by atoms with van der Waals surface area (Å²) in [5.41, 5.74) is 0. The number of hydrogen-bond donors (Lipinski definition) is 4. The average Bonchev–Trinajstić information content (AvgIpc) is 3.07. The summed E-state index contributed by atoms with van der Waals surface area (Å²) < 4.78 is 0. The lowest BCUT2D eigenvalue weighted by Crippen LogP contribution is -2.36. The second-order valence-corrected chi connectivity index (χ2v) is 7.70. The number of unbranched alkanes of at least 4 members (excludes halogenated alkanes) is 3. The molecule has 0 bridgehead atoms. The molecule has 0 saturated carbocycles. The summed E-state index contributed by atoms with van der Waals surface area (Å²) in [5.74, 6) is 1.14. The molecule has 0 aromatic heterocycles. The maximum Gasteiger partial charge on any atom is 0.315 e. The fraction of sp³-hybridized carbons (Fsp3) is 0.867. The maximum absolute atomic E-state index is 11.7. The number of halogens is 1. The Hall–Kier alpha value is -0.660. The summed E-state index contributed by atoms with van der Waals surface area (Å²) >= 11 is 7.30. The maximum atomic E-state index is 11.7. The van der Waals surface area contributed by atoms with E-state index >= 15 is 0 Å². The van der Waals surface area contributed by atoms with Gasteiger partial charge in [-0.1, -0.05) is 12.8 Å². The zero-order valence-electron chi connectivity index (χ0n) is 13.4. The molecule has 6 nitrogen and oxygen atoms in total. The summed E-state index contributed by atoms with van der Waals surface area (Å²) in [6, 6.07) is 0.519. The van der Waals surface area contributed by atoms with Crippen LogP contribution in [0.3, 0.4) is 0 Å². The second-order valence-electron chi connectivity index (χ2n) is 6.16. The third kappa shape index (κ3) is 6.39. The van der Waals surface area contributed by atoms with Crippen molar-refractivity contribution < 1.29 is 9.59 Å². The molecule has 2 aliphatic rings. The van der Waals surface area contributed by atoms with E-state index in [1.807, 2.05) is 11.8 Å². The van der Waals surface area contributed by atoms with Gasteiger partial charge in [0.05, 0.1) is 12.1 Å². The third-order valence-corrected chi connectivity index (χ3v) is 6.05. The summed E-state index contributed by atoms with van der Waals surface area (Å²) in [7, 11) is 0. The molecule has 0 radical (unpaired) electrons. The van der Waals surface area contributed by atoms with E-state index in [1.165, 1.54) is 0 Å². The highest BCUT2D eigenvalue weighted by atomic mass is 35.5. The van der Waals surface area contributed by atoms with Crippen LogP contribution in [0.4, 0.5) is 4.79 Å². The van der Waals surface area contributed by atoms with Crippen molar-refractivity contribution in [2.45, 2.75) is 62.3 Å². The van der Waals surface area contributed by atoms with Gasteiger partial charge in [-0.25, -0.2) is 9.63 Å². The monoisotopic (exact) mass is 362 g/mol. The van der Waals surface area contributed by atoms with Crippen LogP contribution in [-0.4, -0.2) is 48.1 Å². The summed E-state index contributed by atoms with van der Waals surface area (Å²) in [6.45, 7) is 1.56. The van der Waals surface area contributed by atoms with E-state index in [1.54, 1.807) is 0 Å². The number of rotatable bonds is 11. The molecule has 2 rings (SSSR count). The van der Waals surface area contributed by atoms with Crippen molar-refractivity contribution in [1.82, 2.24) is 20.8 Å². The predicted octanol–water partition coefficient (Wildman–Crippen LogP) is 1.74. The van der Waals surface area contributed by atoms with Crippen molar-refractivity contribution in [3.63, 3.8) is 0 Å². The van der Waals surface area contributed by atoms with E-state index in [0.29, 0.717) is 11.7 Å². The fourth-order valence-corrected chi connectivity index (χ4v) is 4.76. The number of amides is 3. The Bertz CT molecular complexity index is 400. The molecule has 3 atom stereocenters. The van der Waals surface area contributed by atoms with Crippen molar-refractivity contribution in [3.8, 4) is 0 Å². The molecule has 2 fully saturated rings. The lowest BCUT2D eigenvalue weighted by molar-refractivity contribution is -0.121. The Morgan fingerprint density at radius 1 is 1.17 bits per heavy atom. The fourth-order valence-electron chi connectivity index (χ4n) is 3.08. The highest BCUT2D eigenvalue weighted by Gasteiger charge is 2.42. The van der Waals surface area contributed by atoms with Crippen molar-refractivity contribution >= 4 is 35.5 Å². The standard InChI is InChI=1S/C15H27ClN4O2S/c16-18-9-5-1-4-8-17-13(21)7-3-2-6-12-14-11(10-23-12)19-15(22)20-14/h11-12,14,18H,1-10H2,(H,17,21)(H2,19,20,22)/t11?,12-,14?/m0/s1. The number of carbonyl (C=O) groups is 2. The van der Waals surface area contributed by atoms with Gasteiger partial charge in [-0.05, 0) is 37.5 Å². The van der Waals surface area contributed by atoms with Gasteiger partial charge in [0.25, 0.3) is 0 Å². The SMILES string of the molecule is O=C(CCCC[C@@H]1SCC2NC(=O)NC21)NCCCCCNCl. The largest absolute Gasteiger partial charge is 0.356 e. The first kappa shape index (κ1) is 18.7. The second kappa shape index (κ2) is 10.3. The van der Waals surface area contributed by atoms with Crippen molar-refractivity contribution in [3.05, 3.63) is 0 Å². The molecular formula is C15H27ClN4O2S. The molecule has 8 heteroatoms. The first-order chi connectivity index (χ1) is 11.2. The molecule has 0 aromatic carbocycles. The summed E-state index contributed by atoms with van der Waals surface area (Å²) in [6.07, 6.45) is 6.71. The number of nitrogens with one attached hydrogen (secondary N) is 4. The number of thioether (sulfide) groups is 1. The van der Waals surface area contributed by atoms with Crippen molar-refractivity contribution in [2.24, 2.45) is 0 Å². The number of carbonyl (C=O) groups excluding carboxylic acids is 2. The predicted molar refractivity (Wildman–Crippen MR) is 94.7 cm³/mol. The minimum absolute atomic E-state index is 0.0356. The van der Waals surface area contributed by atoms with Gasteiger partial charge < -0.3 is 16.0 Å². The molecule has 0 aliphatic carbocycles. The molecule has 2 saturated heterocycles. The molecule has 2 heterocycles. The van der Waals surface area contributed by atoms with Crippen molar-refractivity contribution in [2.75, 3.05) is 18.8 Å². The Balaban J connectivity index is 1.46. The Kier molecular flexibility index (Phi) is 8.33. The Morgan fingerprint density at radius 3 is 2.83 bits per heavy atom. The van der Waals surface area contributed by atoms with Gasteiger partial charge in [0.2, 0.25) is 5.91 Å². The van der Waals surface area contributed by atoms with E-state index in [2.05, 4.69) is 20.8 Å². The molecule has 0 aromatic rings. The zero-order valence-corrected chi connectivity index (χ0v) is 15.0. The van der Waals surface area contributed by atoms with Crippen molar-refractivity contribution in [1.29, 1.82) is 0 Å². The van der Waals surface area contributed by atoms with Gasteiger partial charge in [0.15, 0.2) is 0 Å². The van der Waals surface area contributed by atoms with Gasteiger partial charge in [-0.15, -0.1) is 0 Å². The van der Waals surface area contributed by atoms with Crippen LogP contribution in [0.15, 0.2) is 0 Å². The van der Waals surface area contributed by atoms with Crippen LogP contribution < -0.4 is 20.8 Å². The van der Waals surface area contributed by atoms with E-state index in [0.717, 1.165) is 57.4 Å². The molecule has 2 aliphatic heterocycles. The molecular weight excluding hydrogens is 336 g/mol. The zero-order chi connectivity index (χ0) is 16.5. The number of fused-ring (bicyclic) bond motifs is 1. The molecule has 2 unspecified atom stereocenters.